The molecule has 4 rings (SSSR count). The molecular formula is C25H26F3N3O. The molecule has 2 heterocycles. The number of carbonyl (C=O) groups is 1. The molecule has 0 saturated carbocycles. The summed E-state index contributed by atoms with van der Waals surface area (Å²) in [6, 6.07) is 14.1. The third kappa shape index (κ3) is 4.42. The monoisotopic (exact) mass is 441 g/mol. The van der Waals surface area contributed by atoms with Crippen molar-refractivity contribution < 1.29 is 18.0 Å². The third-order valence-corrected chi connectivity index (χ3v) is 5.69. The number of benzene rings is 2. The largest absolute Gasteiger partial charge is 0.416 e. The molecule has 1 unspecified atom stereocenters. The second-order valence-electron chi connectivity index (χ2n) is 8.59. The Balaban J connectivity index is 1.88. The maximum absolute atomic E-state index is 13.5. The summed E-state index contributed by atoms with van der Waals surface area (Å²) in [7, 11) is 0. The first-order chi connectivity index (χ1) is 15.3. The van der Waals surface area contributed by atoms with Crippen molar-refractivity contribution in [1.82, 2.24) is 10.2 Å². The van der Waals surface area contributed by atoms with E-state index in [-0.39, 0.29) is 12.5 Å². The molecule has 1 fully saturated rings. The lowest BCUT2D eigenvalue weighted by atomic mass is 9.92. The van der Waals surface area contributed by atoms with Gasteiger partial charge in [0.1, 0.15) is 5.71 Å². The van der Waals surface area contributed by atoms with E-state index in [1.807, 2.05) is 30.3 Å². The van der Waals surface area contributed by atoms with Gasteiger partial charge in [0.05, 0.1) is 18.2 Å². The van der Waals surface area contributed by atoms with Gasteiger partial charge >= 0.3 is 6.18 Å². The van der Waals surface area contributed by atoms with Crippen LogP contribution in [0, 0.1) is 5.92 Å². The molecule has 7 heteroatoms. The fraction of sp³-hybridized carbons (Fsp3) is 0.360. The zero-order chi connectivity index (χ0) is 22.9. The third-order valence-electron chi connectivity index (χ3n) is 5.69. The van der Waals surface area contributed by atoms with E-state index in [4.69, 9.17) is 0 Å². The van der Waals surface area contributed by atoms with Crippen LogP contribution in [-0.2, 0) is 17.5 Å². The summed E-state index contributed by atoms with van der Waals surface area (Å²) in [5.74, 6) is 0.0704. The van der Waals surface area contributed by atoms with Gasteiger partial charge in [0.2, 0.25) is 0 Å². The van der Waals surface area contributed by atoms with Gasteiger partial charge in [0.25, 0.3) is 5.91 Å². The average Bonchev–Trinajstić information content (AvgIpc) is 2.88. The number of nitrogens with zero attached hydrogens (tertiary/aromatic N) is 2. The SMILES string of the molecule is CC(C)CC1=C2C(=NCCN1)C(=O)N(Cc1ccccc1)C2c1cccc(C(F)(F)F)c1. The highest BCUT2D eigenvalue weighted by Crippen LogP contribution is 2.42. The highest BCUT2D eigenvalue weighted by molar-refractivity contribution is 6.48. The molecule has 0 aliphatic carbocycles. The molecule has 0 bridgehead atoms. The number of fused-ring (bicyclic) bond motifs is 1. The first-order valence-electron chi connectivity index (χ1n) is 10.8. The van der Waals surface area contributed by atoms with Crippen molar-refractivity contribution in [2.24, 2.45) is 10.9 Å². The topological polar surface area (TPSA) is 44.7 Å². The fourth-order valence-corrected chi connectivity index (χ4v) is 4.35. The molecule has 2 aliphatic rings. The maximum Gasteiger partial charge on any atom is 0.416 e. The van der Waals surface area contributed by atoms with E-state index in [1.165, 1.54) is 6.07 Å². The minimum Gasteiger partial charge on any atom is -0.386 e. The molecular weight excluding hydrogens is 415 g/mol. The van der Waals surface area contributed by atoms with Crippen molar-refractivity contribution in [1.29, 1.82) is 0 Å². The van der Waals surface area contributed by atoms with Crippen LogP contribution in [0.2, 0.25) is 0 Å². The number of nitrogens with one attached hydrogen (secondary N) is 1. The highest BCUT2D eigenvalue weighted by atomic mass is 19.4. The van der Waals surface area contributed by atoms with Crippen molar-refractivity contribution in [2.75, 3.05) is 13.1 Å². The first kappa shape index (κ1) is 22.1. The standard InChI is InChI=1S/C25H26F3N3O/c1-16(2)13-20-21-22(30-12-11-29-20)24(32)31(15-17-7-4-3-5-8-17)23(21)18-9-6-10-19(14-18)25(26,27)28/h3-10,14,16,23,29H,11-13,15H2,1-2H3. The second-order valence-corrected chi connectivity index (χ2v) is 8.59. The molecule has 168 valence electrons. The van der Waals surface area contributed by atoms with Crippen LogP contribution in [0.4, 0.5) is 13.2 Å². The van der Waals surface area contributed by atoms with Crippen molar-refractivity contribution in [3.63, 3.8) is 0 Å². The Morgan fingerprint density at radius 2 is 1.88 bits per heavy atom. The fourth-order valence-electron chi connectivity index (χ4n) is 4.35. The molecule has 1 N–H and O–H groups in total. The summed E-state index contributed by atoms with van der Waals surface area (Å²) < 4.78 is 40.5. The maximum atomic E-state index is 13.5. The van der Waals surface area contributed by atoms with Gasteiger partial charge in [-0.3, -0.25) is 9.79 Å². The van der Waals surface area contributed by atoms with Crippen molar-refractivity contribution in [2.45, 2.75) is 39.0 Å². The van der Waals surface area contributed by atoms with Crippen molar-refractivity contribution in [3.05, 3.63) is 82.6 Å². The number of amides is 1. The van der Waals surface area contributed by atoms with Crippen molar-refractivity contribution >= 4 is 11.6 Å². The Morgan fingerprint density at radius 3 is 2.56 bits per heavy atom. The summed E-state index contributed by atoms with van der Waals surface area (Å²) in [6.45, 7) is 5.48. The Morgan fingerprint density at radius 1 is 1.12 bits per heavy atom. The van der Waals surface area contributed by atoms with Crippen LogP contribution in [0.5, 0.6) is 0 Å². The Hall–Kier alpha value is -3.09. The molecule has 0 spiro atoms. The van der Waals surface area contributed by atoms with Gasteiger partial charge < -0.3 is 10.2 Å². The molecule has 0 radical (unpaired) electrons. The van der Waals surface area contributed by atoms with Crippen LogP contribution in [0.25, 0.3) is 0 Å². The van der Waals surface area contributed by atoms with Gasteiger partial charge in [-0.05, 0) is 35.6 Å². The van der Waals surface area contributed by atoms with Gasteiger partial charge in [-0.2, -0.15) is 13.2 Å². The Labute approximate surface area is 185 Å². The van der Waals surface area contributed by atoms with Gasteiger partial charge in [0, 0.05) is 24.4 Å². The zero-order valence-electron chi connectivity index (χ0n) is 18.1. The minimum absolute atomic E-state index is 0.240. The summed E-state index contributed by atoms with van der Waals surface area (Å²) in [4.78, 5) is 19.7. The predicted octanol–water partition coefficient (Wildman–Crippen LogP) is 5.13. The van der Waals surface area contributed by atoms with Gasteiger partial charge in [0.15, 0.2) is 0 Å². The first-order valence-corrected chi connectivity index (χ1v) is 10.8. The molecule has 2 aliphatic heterocycles. The molecule has 32 heavy (non-hydrogen) atoms. The summed E-state index contributed by atoms with van der Waals surface area (Å²) in [6.07, 6.45) is -3.77. The van der Waals surface area contributed by atoms with E-state index >= 15 is 0 Å². The molecule has 1 atom stereocenters. The number of rotatable bonds is 5. The number of alkyl halides is 3. The molecule has 4 nitrogen and oxygen atoms in total. The van der Waals surface area contributed by atoms with E-state index in [2.05, 4.69) is 24.2 Å². The van der Waals surface area contributed by atoms with Crippen LogP contribution in [-0.4, -0.2) is 29.6 Å². The predicted molar refractivity (Wildman–Crippen MR) is 118 cm³/mol. The van der Waals surface area contributed by atoms with Crippen LogP contribution < -0.4 is 5.32 Å². The summed E-state index contributed by atoms with van der Waals surface area (Å²) in [5.41, 5.74) is 2.59. The Bertz CT molecular complexity index is 1060. The lowest BCUT2D eigenvalue weighted by molar-refractivity contribution is -0.137. The van der Waals surface area contributed by atoms with E-state index in [0.717, 1.165) is 23.4 Å². The summed E-state index contributed by atoms with van der Waals surface area (Å²) >= 11 is 0. The molecule has 0 aromatic heterocycles. The number of likely N-dealkylation sites (tertiary alicyclic amines) is 1. The lowest BCUT2D eigenvalue weighted by Gasteiger charge is -2.27. The van der Waals surface area contributed by atoms with Crippen LogP contribution >= 0.6 is 0 Å². The quantitative estimate of drug-likeness (QED) is 0.699. The number of halogens is 3. The molecule has 2 aromatic carbocycles. The number of hydrogen-bond donors (Lipinski definition) is 1. The smallest absolute Gasteiger partial charge is 0.386 e. The second kappa shape index (κ2) is 8.81. The van der Waals surface area contributed by atoms with Crippen LogP contribution in [0.3, 0.4) is 0 Å². The normalized spacial score (nSPS) is 19.1. The van der Waals surface area contributed by atoms with Gasteiger partial charge in [-0.15, -0.1) is 0 Å². The van der Waals surface area contributed by atoms with Crippen LogP contribution in [0.15, 0.2) is 70.9 Å². The minimum atomic E-state index is -4.46. The van der Waals surface area contributed by atoms with Gasteiger partial charge in [-0.1, -0.05) is 56.3 Å². The summed E-state index contributed by atoms with van der Waals surface area (Å²) in [5, 5.41) is 3.40. The average molecular weight is 441 g/mol. The van der Waals surface area contributed by atoms with Gasteiger partial charge in [-0.25, -0.2) is 0 Å². The number of hydrogen-bond acceptors (Lipinski definition) is 3. The number of aliphatic imine (C=N–C) groups is 1. The number of allylic oxidation sites excluding steroid dienone is 1. The zero-order valence-corrected chi connectivity index (χ0v) is 18.1. The van der Waals surface area contributed by atoms with E-state index in [1.54, 1.807) is 11.0 Å². The van der Waals surface area contributed by atoms with Crippen molar-refractivity contribution in [3.8, 4) is 0 Å². The highest BCUT2D eigenvalue weighted by Gasteiger charge is 2.44. The molecule has 1 saturated heterocycles. The van der Waals surface area contributed by atoms with E-state index in [0.29, 0.717) is 42.3 Å². The molecule has 1 amide bonds. The van der Waals surface area contributed by atoms with Crippen LogP contribution in [0.1, 0.15) is 43.0 Å². The van der Waals surface area contributed by atoms with E-state index < -0.39 is 17.8 Å². The Kier molecular flexibility index (Phi) is 6.09. The molecule has 2 aromatic rings. The van der Waals surface area contributed by atoms with E-state index in [9.17, 15) is 18.0 Å². The number of carbonyl (C=O) groups excluding carboxylic acids is 1. The lowest BCUT2D eigenvalue weighted by Crippen LogP contribution is -2.30.